The van der Waals surface area contributed by atoms with Gasteiger partial charge in [-0.3, -0.25) is 13.9 Å². The number of hydrogen-bond acceptors (Lipinski definition) is 5. The predicted molar refractivity (Wildman–Crippen MR) is 144 cm³/mol. The summed E-state index contributed by atoms with van der Waals surface area (Å²) in [4.78, 5) is 28.1. The first kappa shape index (κ1) is 27.7. The molecular formula is C28H33N3O5S. The van der Waals surface area contributed by atoms with Crippen molar-refractivity contribution in [3.8, 4) is 5.75 Å². The van der Waals surface area contributed by atoms with Crippen molar-refractivity contribution in [1.82, 2.24) is 10.2 Å². The third-order valence-electron chi connectivity index (χ3n) is 5.88. The highest BCUT2D eigenvalue weighted by atomic mass is 32.2. The van der Waals surface area contributed by atoms with Gasteiger partial charge in [0.1, 0.15) is 18.3 Å². The fraction of sp³-hybridized carbons (Fsp3) is 0.286. The van der Waals surface area contributed by atoms with E-state index in [1.807, 2.05) is 19.1 Å². The third-order valence-corrected chi connectivity index (χ3v) is 7.67. The van der Waals surface area contributed by atoms with Gasteiger partial charge in [0, 0.05) is 13.1 Å². The maximum absolute atomic E-state index is 13.8. The van der Waals surface area contributed by atoms with Crippen LogP contribution < -0.4 is 14.4 Å². The lowest BCUT2D eigenvalue weighted by molar-refractivity contribution is -0.139. The number of anilines is 1. The Morgan fingerprint density at radius 1 is 0.919 bits per heavy atom. The number of para-hydroxylation sites is 1. The van der Waals surface area contributed by atoms with E-state index in [1.54, 1.807) is 74.7 Å². The minimum Gasteiger partial charge on any atom is -0.497 e. The van der Waals surface area contributed by atoms with Crippen LogP contribution in [0.3, 0.4) is 0 Å². The van der Waals surface area contributed by atoms with E-state index in [2.05, 4.69) is 5.32 Å². The molecule has 196 valence electrons. The number of rotatable bonds is 12. The van der Waals surface area contributed by atoms with E-state index in [9.17, 15) is 18.0 Å². The molecule has 3 rings (SSSR count). The van der Waals surface area contributed by atoms with Gasteiger partial charge in [-0.2, -0.15) is 0 Å². The molecule has 0 radical (unpaired) electrons. The molecule has 0 saturated carbocycles. The quantitative estimate of drug-likeness (QED) is 0.389. The number of benzene rings is 3. The topological polar surface area (TPSA) is 96.0 Å². The van der Waals surface area contributed by atoms with Gasteiger partial charge in [-0.1, -0.05) is 55.5 Å². The number of sulfonamides is 1. The summed E-state index contributed by atoms with van der Waals surface area (Å²) in [7, 11) is -2.49. The molecule has 0 aliphatic carbocycles. The summed E-state index contributed by atoms with van der Waals surface area (Å²) in [5.41, 5.74) is 1.13. The first-order chi connectivity index (χ1) is 17.8. The maximum Gasteiger partial charge on any atom is 0.264 e. The highest BCUT2D eigenvalue weighted by molar-refractivity contribution is 7.92. The lowest BCUT2D eigenvalue weighted by Gasteiger charge is -2.32. The van der Waals surface area contributed by atoms with Gasteiger partial charge in [-0.25, -0.2) is 8.42 Å². The zero-order valence-corrected chi connectivity index (χ0v) is 22.1. The zero-order valence-electron chi connectivity index (χ0n) is 21.3. The molecule has 1 atom stereocenters. The van der Waals surface area contributed by atoms with Crippen LogP contribution in [0.1, 0.15) is 25.8 Å². The van der Waals surface area contributed by atoms with E-state index < -0.39 is 28.5 Å². The van der Waals surface area contributed by atoms with Crippen LogP contribution in [0, 0.1) is 0 Å². The molecule has 1 N–H and O–H groups in total. The summed E-state index contributed by atoms with van der Waals surface area (Å²) in [6, 6.07) is 22.8. The van der Waals surface area contributed by atoms with Gasteiger partial charge in [-0.15, -0.1) is 0 Å². The number of nitrogens with one attached hydrogen (secondary N) is 1. The Morgan fingerprint density at radius 2 is 1.51 bits per heavy atom. The summed E-state index contributed by atoms with van der Waals surface area (Å²) in [6.45, 7) is 3.72. The van der Waals surface area contributed by atoms with Crippen molar-refractivity contribution in [3.63, 3.8) is 0 Å². The molecule has 0 saturated heterocycles. The van der Waals surface area contributed by atoms with Crippen LogP contribution in [-0.2, 0) is 26.2 Å². The van der Waals surface area contributed by atoms with Gasteiger partial charge < -0.3 is 15.0 Å². The van der Waals surface area contributed by atoms with Crippen molar-refractivity contribution in [2.45, 2.75) is 37.8 Å². The first-order valence-corrected chi connectivity index (χ1v) is 13.5. The van der Waals surface area contributed by atoms with Gasteiger partial charge in [0.25, 0.3) is 10.0 Å². The molecule has 0 fully saturated rings. The minimum absolute atomic E-state index is 0.0714. The molecule has 2 amide bonds. The molecule has 0 aliphatic rings. The summed E-state index contributed by atoms with van der Waals surface area (Å²) in [5, 5.41) is 2.83. The number of hydrogen-bond donors (Lipinski definition) is 1. The van der Waals surface area contributed by atoms with Crippen LogP contribution >= 0.6 is 0 Å². The van der Waals surface area contributed by atoms with Crippen molar-refractivity contribution in [2.75, 3.05) is 24.5 Å². The average Bonchev–Trinajstić information content (AvgIpc) is 2.94. The highest BCUT2D eigenvalue weighted by Crippen LogP contribution is 2.24. The fourth-order valence-corrected chi connectivity index (χ4v) is 5.18. The van der Waals surface area contributed by atoms with Gasteiger partial charge in [0.15, 0.2) is 0 Å². The normalized spacial score (nSPS) is 11.9. The molecule has 0 unspecified atom stereocenters. The van der Waals surface area contributed by atoms with Crippen LogP contribution in [0.4, 0.5) is 5.69 Å². The van der Waals surface area contributed by atoms with Crippen LogP contribution in [0.2, 0.25) is 0 Å². The Morgan fingerprint density at radius 3 is 2.08 bits per heavy atom. The standard InChI is InChI=1S/C28H33N3O5S/c1-4-19-29-28(33)22(2)30(20-23-15-17-25(36-3)18-16-23)27(32)21-31(24-11-7-5-8-12-24)37(34,35)26-13-9-6-10-14-26/h5-18,22H,4,19-21H2,1-3H3,(H,29,33)/t22-/m0/s1. The number of nitrogens with zero attached hydrogens (tertiary/aromatic N) is 2. The number of ether oxygens (including phenoxy) is 1. The second kappa shape index (κ2) is 12.9. The van der Waals surface area contributed by atoms with Crippen molar-refractivity contribution >= 4 is 27.5 Å². The van der Waals surface area contributed by atoms with Gasteiger partial charge >= 0.3 is 0 Å². The molecule has 0 aliphatic heterocycles. The van der Waals surface area contributed by atoms with Crippen molar-refractivity contribution in [2.24, 2.45) is 0 Å². The second-order valence-electron chi connectivity index (χ2n) is 8.50. The molecule has 0 aromatic heterocycles. The van der Waals surface area contributed by atoms with Crippen molar-refractivity contribution in [3.05, 3.63) is 90.5 Å². The van der Waals surface area contributed by atoms with E-state index in [4.69, 9.17) is 4.74 Å². The van der Waals surface area contributed by atoms with Crippen LogP contribution in [-0.4, -0.2) is 51.4 Å². The molecule has 3 aromatic rings. The Balaban J connectivity index is 1.97. The maximum atomic E-state index is 13.8. The summed E-state index contributed by atoms with van der Waals surface area (Å²) in [5.74, 6) is -0.140. The van der Waals surface area contributed by atoms with E-state index >= 15 is 0 Å². The van der Waals surface area contributed by atoms with Crippen molar-refractivity contribution < 1.29 is 22.7 Å². The zero-order chi connectivity index (χ0) is 26.8. The Bertz CT molecular complexity index is 1270. The Hall–Kier alpha value is -3.85. The lowest BCUT2D eigenvalue weighted by atomic mass is 10.1. The molecular weight excluding hydrogens is 490 g/mol. The van der Waals surface area contributed by atoms with Crippen LogP contribution in [0.5, 0.6) is 5.75 Å². The predicted octanol–water partition coefficient (Wildman–Crippen LogP) is 3.83. The molecule has 0 bridgehead atoms. The molecule has 37 heavy (non-hydrogen) atoms. The first-order valence-electron chi connectivity index (χ1n) is 12.1. The monoisotopic (exact) mass is 523 g/mol. The summed E-state index contributed by atoms with van der Waals surface area (Å²) >= 11 is 0. The molecule has 9 heteroatoms. The molecule has 3 aromatic carbocycles. The van der Waals surface area contributed by atoms with Gasteiger partial charge in [0.05, 0.1) is 17.7 Å². The smallest absolute Gasteiger partial charge is 0.264 e. The number of carbonyl (C=O) groups is 2. The van der Waals surface area contributed by atoms with E-state index in [1.165, 1.54) is 17.0 Å². The second-order valence-corrected chi connectivity index (χ2v) is 10.4. The average molecular weight is 524 g/mol. The number of methoxy groups -OCH3 is 1. The third kappa shape index (κ3) is 7.10. The fourth-order valence-electron chi connectivity index (χ4n) is 3.75. The summed E-state index contributed by atoms with van der Waals surface area (Å²) < 4.78 is 33.6. The summed E-state index contributed by atoms with van der Waals surface area (Å²) in [6.07, 6.45) is 0.752. The molecule has 8 nitrogen and oxygen atoms in total. The number of amides is 2. The SMILES string of the molecule is CCCNC(=O)[C@H](C)N(Cc1ccc(OC)cc1)C(=O)CN(c1ccccc1)S(=O)(=O)c1ccccc1. The minimum atomic E-state index is -4.06. The molecule has 0 spiro atoms. The van der Waals surface area contributed by atoms with Gasteiger partial charge in [0.2, 0.25) is 11.8 Å². The highest BCUT2D eigenvalue weighted by Gasteiger charge is 2.32. The Kier molecular flexibility index (Phi) is 9.68. The lowest BCUT2D eigenvalue weighted by Crippen LogP contribution is -2.51. The Labute approximate surface area is 218 Å². The van der Waals surface area contributed by atoms with E-state index in [0.717, 1.165) is 16.3 Å². The largest absolute Gasteiger partial charge is 0.497 e. The van der Waals surface area contributed by atoms with E-state index in [0.29, 0.717) is 18.0 Å². The molecule has 0 heterocycles. The van der Waals surface area contributed by atoms with Crippen LogP contribution in [0.25, 0.3) is 0 Å². The van der Waals surface area contributed by atoms with Crippen molar-refractivity contribution in [1.29, 1.82) is 0 Å². The van der Waals surface area contributed by atoms with E-state index in [-0.39, 0.29) is 17.3 Å². The van der Waals surface area contributed by atoms with Gasteiger partial charge in [-0.05, 0) is 55.3 Å². The van der Waals surface area contributed by atoms with Crippen LogP contribution in [0.15, 0.2) is 89.8 Å². The number of carbonyl (C=O) groups excluding carboxylic acids is 2.